The zero-order chi connectivity index (χ0) is 23.9. The van der Waals surface area contributed by atoms with Crippen LogP contribution in [0, 0.1) is 0 Å². The molecule has 1 aliphatic heterocycles. The van der Waals surface area contributed by atoms with E-state index in [0.29, 0.717) is 9.87 Å². The number of hydrogen-bond acceptors (Lipinski definition) is 3. The molecule has 0 bridgehead atoms. The summed E-state index contributed by atoms with van der Waals surface area (Å²) in [5, 5.41) is 9.78. The Morgan fingerprint density at radius 2 is 1.34 bits per heavy atom. The summed E-state index contributed by atoms with van der Waals surface area (Å²) in [6.07, 6.45) is -10.8. The summed E-state index contributed by atoms with van der Waals surface area (Å²) in [6.45, 7) is -0.776. The Kier molecular flexibility index (Phi) is 6.07. The maximum Gasteiger partial charge on any atom is 0.416 e. The van der Waals surface area contributed by atoms with Gasteiger partial charge in [-0.3, -0.25) is 4.79 Å². The Morgan fingerprint density at radius 1 is 0.875 bits per heavy atom. The third kappa shape index (κ3) is 4.46. The second-order valence-corrected chi connectivity index (χ2v) is 9.34. The first-order valence-electron chi connectivity index (χ1n) is 9.26. The number of nitrogens with zero attached hydrogens (tertiary/aromatic N) is 1. The number of alkyl halides is 6. The van der Waals surface area contributed by atoms with E-state index in [1.54, 1.807) is 30.3 Å². The second-order valence-electron chi connectivity index (χ2n) is 7.40. The predicted octanol–water partition coefficient (Wildman–Crippen LogP) is 4.53. The predicted molar refractivity (Wildman–Crippen MR) is 100 cm³/mol. The molecule has 1 aliphatic rings. The SMILES string of the molecule is O=C(O)C1(c2ccccc2)CCN(S(=O)(=O)c2cc(C(F)(F)F)cc(C(F)(F)F)c2)CC1. The number of carboxylic acids is 1. The van der Waals surface area contributed by atoms with Crippen molar-refractivity contribution >= 4 is 16.0 Å². The molecule has 1 N–H and O–H groups in total. The standard InChI is InChI=1S/C20H17F6NO4S/c21-19(22,23)14-10-15(20(24,25)26)12-16(11-14)32(30,31)27-8-6-18(7-9-27,17(28)29)13-4-2-1-3-5-13/h1-5,10-12H,6-9H2,(H,28,29). The monoisotopic (exact) mass is 481 g/mol. The van der Waals surface area contributed by atoms with Gasteiger partial charge >= 0.3 is 18.3 Å². The molecule has 12 heteroatoms. The van der Waals surface area contributed by atoms with Gasteiger partial charge in [0.2, 0.25) is 10.0 Å². The highest BCUT2D eigenvalue weighted by atomic mass is 32.2. The summed E-state index contributed by atoms with van der Waals surface area (Å²) in [4.78, 5) is 10.8. The van der Waals surface area contributed by atoms with Crippen LogP contribution in [0.5, 0.6) is 0 Å². The molecule has 0 radical (unpaired) electrons. The summed E-state index contributed by atoms with van der Waals surface area (Å²) in [5.41, 5.74) is -4.47. The van der Waals surface area contributed by atoms with E-state index in [2.05, 4.69) is 0 Å². The first kappa shape index (κ1) is 24.1. The zero-order valence-corrected chi connectivity index (χ0v) is 17.1. The molecular weight excluding hydrogens is 464 g/mol. The highest BCUT2D eigenvalue weighted by Gasteiger charge is 2.46. The van der Waals surface area contributed by atoms with Crippen LogP contribution in [0.25, 0.3) is 0 Å². The molecule has 1 heterocycles. The largest absolute Gasteiger partial charge is 0.481 e. The molecule has 0 aliphatic carbocycles. The molecule has 174 valence electrons. The summed E-state index contributed by atoms with van der Waals surface area (Å²) in [5.74, 6) is -1.20. The number of carbonyl (C=O) groups is 1. The van der Waals surface area contributed by atoms with Gasteiger partial charge in [-0.05, 0) is 36.6 Å². The first-order chi connectivity index (χ1) is 14.7. The Bertz CT molecular complexity index is 1070. The van der Waals surface area contributed by atoms with Crippen molar-refractivity contribution in [1.82, 2.24) is 4.31 Å². The maximum absolute atomic E-state index is 13.1. The quantitative estimate of drug-likeness (QED) is 0.652. The molecule has 0 aromatic heterocycles. The highest BCUT2D eigenvalue weighted by Crippen LogP contribution is 2.40. The van der Waals surface area contributed by atoms with Gasteiger partial charge in [0, 0.05) is 13.1 Å². The number of hydrogen-bond donors (Lipinski definition) is 1. The molecule has 32 heavy (non-hydrogen) atoms. The summed E-state index contributed by atoms with van der Waals surface area (Å²) in [7, 11) is -4.75. The number of aliphatic carboxylic acids is 1. The van der Waals surface area contributed by atoms with Crippen molar-refractivity contribution in [3.05, 3.63) is 65.2 Å². The third-order valence-electron chi connectivity index (χ3n) is 5.51. The van der Waals surface area contributed by atoms with Gasteiger partial charge in [-0.25, -0.2) is 8.42 Å². The molecule has 2 aromatic rings. The van der Waals surface area contributed by atoms with Crippen molar-refractivity contribution in [2.75, 3.05) is 13.1 Å². The van der Waals surface area contributed by atoms with Crippen LogP contribution in [-0.2, 0) is 32.6 Å². The average Bonchev–Trinajstić information content (AvgIpc) is 2.72. The van der Waals surface area contributed by atoms with Crippen molar-refractivity contribution in [3.63, 3.8) is 0 Å². The Labute approximate surface area is 179 Å². The van der Waals surface area contributed by atoms with E-state index in [4.69, 9.17) is 0 Å². The van der Waals surface area contributed by atoms with Crippen LogP contribution in [-0.4, -0.2) is 36.9 Å². The van der Waals surface area contributed by atoms with Crippen molar-refractivity contribution in [3.8, 4) is 0 Å². The molecule has 0 amide bonds. The Balaban J connectivity index is 1.97. The molecule has 3 rings (SSSR count). The molecule has 0 atom stereocenters. The van der Waals surface area contributed by atoms with E-state index in [1.807, 2.05) is 0 Å². The second kappa shape index (κ2) is 8.07. The van der Waals surface area contributed by atoms with Gasteiger partial charge in [-0.2, -0.15) is 30.6 Å². The van der Waals surface area contributed by atoms with Crippen molar-refractivity contribution < 1.29 is 44.7 Å². The maximum atomic E-state index is 13.1. The fourth-order valence-electron chi connectivity index (χ4n) is 3.72. The van der Waals surface area contributed by atoms with Crippen LogP contribution in [0.2, 0.25) is 0 Å². The van der Waals surface area contributed by atoms with Gasteiger partial charge in [0.1, 0.15) is 0 Å². The number of benzene rings is 2. The molecule has 5 nitrogen and oxygen atoms in total. The number of piperidine rings is 1. The number of halogens is 6. The minimum Gasteiger partial charge on any atom is -0.481 e. The van der Waals surface area contributed by atoms with Crippen LogP contribution in [0.3, 0.4) is 0 Å². The van der Waals surface area contributed by atoms with Crippen LogP contribution >= 0.6 is 0 Å². The lowest BCUT2D eigenvalue weighted by molar-refractivity contribution is -0.146. The first-order valence-corrected chi connectivity index (χ1v) is 10.7. The van der Waals surface area contributed by atoms with Crippen LogP contribution in [0.4, 0.5) is 26.3 Å². The summed E-state index contributed by atoms with van der Waals surface area (Å²) >= 11 is 0. The van der Waals surface area contributed by atoms with Crippen molar-refractivity contribution in [2.45, 2.75) is 35.5 Å². The summed E-state index contributed by atoms with van der Waals surface area (Å²) in [6, 6.07) is 8.20. The van der Waals surface area contributed by atoms with Gasteiger partial charge < -0.3 is 5.11 Å². The van der Waals surface area contributed by atoms with Crippen molar-refractivity contribution in [2.24, 2.45) is 0 Å². The fraction of sp³-hybridized carbons (Fsp3) is 0.350. The number of rotatable bonds is 4. The topological polar surface area (TPSA) is 74.7 Å². The molecular formula is C20H17F6NO4S. The van der Waals surface area contributed by atoms with Gasteiger partial charge in [-0.1, -0.05) is 30.3 Å². The minimum atomic E-state index is -5.20. The van der Waals surface area contributed by atoms with Gasteiger partial charge in [0.05, 0.1) is 21.4 Å². The van der Waals surface area contributed by atoms with E-state index in [1.165, 1.54) is 0 Å². The van der Waals surface area contributed by atoms with E-state index in [-0.39, 0.29) is 44.1 Å². The molecule has 0 saturated carbocycles. The van der Waals surface area contributed by atoms with Crippen molar-refractivity contribution in [1.29, 1.82) is 0 Å². The normalized spacial score (nSPS) is 17.8. The smallest absolute Gasteiger partial charge is 0.416 e. The molecule has 0 unspecified atom stereocenters. The van der Waals surface area contributed by atoms with E-state index in [0.717, 1.165) is 0 Å². The lowest BCUT2D eigenvalue weighted by atomic mass is 9.73. The fourth-order valence-corrected chi connectivity index (χ4v) is 5.23. The lowest BCUT2D eigenvalue weighted by Gasteiger charge is -2.38. The zero-order valence-electron chi connectivity index (χ0n) is 16.2. The molecule has 0 spiro atoms. The van der Waals surface area contributed by atoms with Gasteiger partial charge in [-0.15, -0.1) is 0 Å². The lowest BCUT2D eigenvalue weighted by Crippen LogP contribution is -2.49. The van der Waals surface area contributed by atoms with E-state index in [9.17, 15) is 44.7 Å². The Hall–Kier alpha value is -2.60. The Morgan fingerprint density at radius 3 is 1.75 bits per heavy atom. The van der Waals surface area contributed by atoms with Gasteiger partial charge in [0.25, 0.3) is 0 Å². The summed E-state index contributed by atoms with van der Waals surface area (Å²) < 4.78 is 105. The van der Waals surface area contributed by atoms with E-state index < -0.39 is 49.8 Å². The molecule has 1 saturated heterocycles. The van der Waals surface area contributed by atoms with Crippen LogP contribution < -0.4 is 0 Å². The average molecular weight is 481 g/mol. The highest BCUT2D eigenvalue weighted by molar-refractivity contribution is 7.89. The number of sulfonamides is 1. The van der Waals surface area contributed by atoms with Gasteiger partial charge in [0.15, 0.2) is 0 Å². The minimum absolute atomic E-state index is 0.153. The van der Waals surface area contributed by atoms with Crippen LogP contribution in [0.1, 0.15) is 29.5 Å². The third-order valence-corrected chi connectivity index (χ3v) is 7.39. The number of carboxylic acid groups (broad SMARTS) is 1. The molecule has 1 fully saturated rings. The van der Waals surface area contributed by atoms with Crippen LogP contribution in [0.15, 0.2) is 53.4 Å². The molecule has 2 aromatic carbocycles. The van der Waals surface area contributed by atoms with E-state index >= 15 is 0 Å².